The molecular formula is C32H40N2O. The molecule has 2 aromatic rings. The van der Waals surface area contributed by atoms with Gasteiger partial charge in [0.25, 0.3) is 0 Å². The Hall–Kier alpha value is -2.13. The van der Waals surface area contributed by atoms with E-state index < -0.39 is 0 Å². The molecular weight excluding hydrogens is 428 g/mol. The number of benzene rings is 2. The SMILES string of the molecule is C[C@]12CC[C@H](O)C[C@@H]1CC[C@@H]1[C@@H]2CC[C@]2(C)C3=NN(c4ccccc4)[C@H](c4ccccc4)[C@H]3C[C@@H]12. The van der Waals surface area contributed by atoms with Crippen molar-refractivity contribution in [1.82, 2.24) is 0 Å². The van der Waals surface area contributed by atoms with Crippen LogP contribution in [0.3, 0.4) is 0 Å². The minimum Gasteiger partial charge on any atom is -0.393 e. The molecule has 3 nitrogen and oxygen atoms in total. The van der Waals surface area contributed by atoms with Crippen LogP contribution in [0.1, 0.15) is 76.8 Å². The molecule has 9 atom stereocenters. The van der Waals surface area contributed by atoms with Gasteiger partial charge in [-0.2, -0.15) is 5.10 Å². The van der Waals surface area contributed by atoms with Crippen molar-refractivity contribution >= 4 is 11.4 Å². The molecule has 0 amide bonds. The van der Waals surface area contributed by atoms with Gasteiger partial charge in [-0.3, -0.25) is 5.01 Å². The third-order valence-electron chi connectivity index (χ3n) is 11.5. The third kappa shape index (κ3) is 3.16. The largest absolute Gasteiger partial charge is 0.393 e. The van der Waals surface area contributed by atoms with Crippen molar-refractivity contribution in [2.75, 3.05) is 5.01 Å². The molecule has 0 bridgehead atoms. The van der Waals surface area contributed by atoms with Gasteiger partial charge in [0.2, 0.25) is 0 Å². The number of hydrazone groups is 1. The summed E-state index contributed by atoms with van der Waals surface area (Å²) in [6.45, 7) is 5.17. The summed E-state index contributed by atoms with van der Waals surface area (Å²) in [6.07, 6.45) is 9.79. The molecule has 35 heavy (non-hydrogen) atoms. The molecule has 184 valence electrons. The van der Waals surface area contributed by atoms with Crippen LogP contribution in [0.4, 0.5) is 5.69 Å². The molecule has 0 radical (unpaired) electrons. The summed E-state index contributed by atoms with van der Waals surface area (Å²) in [5.41, 5.74) is 4.75. The Morgan fingerprint density at radius 1 is 0.829 bits per heavy atom. The van der Waals surface area contributed by atoms with Gasteiger partial charge in [-0.25, -0.2) is 0 Å². The predicted octanol–water partition coefficient (Wildman–Crippen LogP) is 7.23. The normalized spacial score (nSPS) is 44.1. The summed E-state index contributed by atoms with van der Waals surface area (Å²) in [6, 6.07) is 22.3. The highest BCUT2D eigenvalue weighted by atomic mass is 16.3. The maximum Gasteiger partial charge on any atom is 0.0856 e. The first-order chi connectivity index (χ1) is 17.0. The topological polar surface area (TPSA) is 35.8 Å². The van der Waals surface area contributed by atoms with Crippen LogP contribution >= 0.6 is 0 Å². The average Bonchev–Trinajstić information content (AvgIpc) is 3.40. The molecule has 0 saturated heterocycles. The highest BCUT2D eigenvalue weighted by Gasteiger charge is 2.64. The summed E-state index contributed by atoms with van der Waals surface area (Å²) < 4.78 is 0. The van der Waals surface area contributed by atoms with Gasteiger partial charge in [0.1, 0.15) is 0 Å². The number of aliphatic hydroxyl groups is 1. The molecule has 1 N–H and O–H groups in total. The Kier molecular flexibility index (Phi) is 5.01. The summed E-state index contributed by atoms with van der Waals surface area (Å²) in [5, 5.41) is 18.2. The van der Waals surface area contributed by atoms with Gasteiger partial charge in [-0.15, -0.1) is 0 Å². The van der Waals surface area contributed by atoms with Crippen molar-refractivity contribution in [3.8, 4) is 0 Å². The van der Waals surface area contributed by atoms with Crippen LogP contribution in [0.5, 0.6) is 0 Å². The highest BCUT2D eigenvalue weighted by molar-refractivity contribution is 5.98. The predicted molar refractivity (Wildman–Crippen MR) is 142 cm³/mol. The van der Waals surface area contributed by atoms with Crippen molar-refractivity contribution < 1.29 is 5.11 Å². The smallest absolute Gasteiger partial charge is 0.0856 e. The number of anilines is 1. The molecule has 3 heteroatoms. The highest BCUT2D eigenvalue weighted by Crippen LogP contribution is 2.68. The Balaban J connectivity index is 1.26. The fourth-order valence-corrected chi connectivity index (χ4v) is 9.76. The molecule has 1 heterocycles. The first-order valence-corrected chi connectivity index (χ1v) is 14.2. The Morgan fingerprint density at radius 2 is 1.57 bits per heavy atom. The second-order valence-electron chi connectivity index (χ2n) is 12.9. The van der Waals surface area contributed by atoms with Crippen LogP contribution < -0.4 is 5.01 Å². The van der Waals surface area contributed by atoms with E-state index in [-0.39, 0.29) is 11.5 Å². The third-order valence-corrected chi connectivity index (χ3v) is 11.5. The van der Waals surface area contributed by atoms with Gasteiger partial charge in [0.15, 0.2) is 0 Å². The van der Waals surface area contributed by atoms with Crippen LogP contribution in [0.25, 0.3) is 0 Å². The van der Waals surface area contributed by atoms with Crippen molar-refractivity contribution in [2.24, 2.45) is 45.5 Å². The minimum absolute atomic E-state index is 0.0609. The van der Waals surface area contributed by atoms with Crippen LogP contribution in [0.2, 0.25) is 0 Å². The number of rotatable bonds is 2. The Bertz CT molecular complexity index is 1110. The fraction of sp³-hybridized carbons (Fsp3) is 0.594. The lowest BCUT2D eigenvalue weighted by molar-refractivity contribution is -0.114. The monoisotopic (exact) mass is 468 g/mol. The van der Waals surface area contributed by atoms with Gasteiger partial charge in [-0.1, -0.05) is 62.4 Å². The number of nitrogens with zero attached hydrogens (tertiary/aromatic N) is 2. The van der Waals surface area contributed by atoms with Crippen LogP contribution in [-0.4, -0.2) is 16.9 Å². The average molecular weight is 469 g/mol. The van der Waals surface area contributed by atoms with E-state index in [1.54, 1.807) is 0 Å². The number of fused-ring (bicyclic) bond motifs is 7. The second kappa shape index (κ2) is 7.93. The van der Waals surface area contributed by atoms with E-state index in [2.05, 4.69) is 79.5 Å². The van der Waals surface area contributed by atoms with Gasteiger partial charge < -0.3 is 5.11 Å². The maximum absolute atomic E-state index is 10.4. The second-order valence-corrected chi connectivity index (χ2v) is 12.9. The van der Waals surface area contributed by atoms with E-state index in [9.17, 15) is 5.11 Å². The summed E-state index contributed by atoms with van der Waals surface area (Å²) in [4.78, 5) is 0. The molecule has 2 aromatic carbocycles. The van der Waals surface area contributed by atoms with Crippen LogP contribution in [0, 0.1) is 40.4 Å². The number of hydrogen-bond acceptors (Lipinski definition) is 3. The van der Waals surface area contributed by atoms with Gasteiger partial charge in [0, 0.05) is 11.3 Å². The van der Waals surface area contributed by atoms with Gasteiger partial charge in [-0.05, 0) is 98.1 Å². The van der Waals surface area contributed by atoms with Crippen molar-refractivity contribution in [1.29, 1.82) is 0 Å². The number of hydrogen-bond donors (Lipinski definition) is 1. The zero-order valence-electron chi connectivity index (χ0n) is 21.3. The first-order valence-electron chi connectivity index (χ1n) is 14.2. The molecule has 0 aromatic heterocycles. The molecule has 0 unspecified atom stereocenters. The Labute approximate surface area is 210 Å². The lowest BCUT2D eigenvalue weighted by Gasteiger charge is -2.60. The van der Waals surface area contributed by atoms with Crippen molar-refractivity contribution in [3.05, 3.63) is 66.2 Å². The molecule has 7 rings (SSSR count). The first kappa shape index (κ1) is 22.1. The summed E-state index contributed by atoms with van der Waals surface area (Å²) in [5.74, 6) is 3.62. The lowest BCUT2D eigenvalue weighted by atomic mass is 9.45. The quantitative estimate of drug-likeness (QED) is 0.504. The minimum atomic E-state index is -0.0609. The number of aliphatic hydroxyl groups excluding tert-OH is 1. The Morgan fingerprint density at radius 3 is 2.34 bits per heavy atom. The fourth-order valence-electron chi connectivity index (χ4n) is 9.76. The number of para-hydroxylation sites is 1. The molecule has 4 fully saturated rings. The standard InChI is InChI=1S/C32H40N2O/c1-31-17-15-24(35)19-22(31)13-14-25-27(31)16-18-32(2)28(25)20-26-29(21-9-5-3-6-10-21)34(33-30(26)32)23-11-7-4-8-12-23/h3-12,22,24-29,35H,13-20H2,1-2H3/t22-,24-,25+,26+,27-,28-,29+,31-,32-/m0/s1. The summed E-state index contributed by atoms with van der Waals surface area (Å²) in [7, 11) is 0. The zero-order valence-corrected chi connectivity index (χ0v) is 21.3. The molecule has 1 aliphatic heterocycles. The van der Waals surface area contributed by atoms with E-state index in [1.807, 2.05) is 0 Å². The van der Waals surface area contributed by atoms with E-state index in [4.69, 9.17) is 5.10 Å². The molecule has 4 aliphatic carbocycles. The van der Waals surface area contributed by atoms with Crippen molar-refractivity contribution in [2.45, 2.75) is 77.4 Å². The van der Waals surface area contributed by atoms with Gasteiger partial charge >= 0.3 is 0 Å². The van der Waals surface area contributed by atoms with Crippen LogP contribution in [-0.2, 0) is 0 Å². The molecule has 0 spiro atoms. The van der Waals surface area contributed by atoms with E-state index in [0.29, 0.717) is 17.4 Å². The van der Waals surface area contributed by atoms with E-state index in [0.717, 1.165) is 36.5 Å². The van der Waals surface area contributed by atoms with Gasteiger partial charge in [0.05, 0.1) is 23.5 Å². The zero-order chi connectivity index (χ0) is 23.8. The molecule has 5 aliphatic rings. The lowest BCUT2D eigenvalue weighted by Crippen LogP contribution is -2.54. The van der Waals surface area contributed by atoms with Crippen molar-refractivity contribution in [3.63, 3.8) is 0 Å². The maximum atomic E-state index is 10.4. The summed E-state index contributed by atoms with van der Waals surface area (Å²) >= 11 is 0. The van der Waals surface area contributed by atoms with E-state index in [1.165, 1.54) is 55.5 Å². The van der Waals surface area contributed by atoms with E-state index >= 15 is 0 Å². The molecule has 4 saturated carbocycles. The van der Waals surface area contributed by atoms with Crippen LogP contribution in [0.15, 0.2) is 65.8 Å².